The lowest BCUT2D eigenvalue weighted by Gasteiger charge is -2.30. The molecule has 1 heterocycles. The molecular formula is C13H18O3. The fraction of sp³-hybridized carbons (Fsp3) is 0.538. The summed E-state index contributed by atoms with van der Waals surface area (Å²) in [7, 11) is 0. The summed E-state index contributed by atoms with van der Waals surface area (Å²) in [5, 5.41) is 9.66. The van der Waals surface area contributed by atoms with Crippen molar-refractivity contribution >= 4 is 0 Å². The highest BCUT2D eigenvalue weighted by Crippen LogP contribution is 2.17. The van der Waals surface area contributed by atoms with Crippen molar-refractivity contribution in [1.29, 1.82) is 0 Å². The van der Waals surface area contributed by atoms with Gasteiger partial charge in [0.15, 0.2) is 0 Å². The average Bonchev–Trinajstić information content (AvgIpc) is 2.23. The van der Waals surface area contributed by atoms with Crippen LogP contribution in [0.2, 0.25) is 0 Å². The van der Waals surface area contributed by atoms with Gasteiger partial charge in [0.1, 0.15) is 0 Å². The lowest BCUT2D eigenvalue weighted by Crippen LogP contribution is -2.38. The Hall–Kier alpha value is -0.900. The molecule has 2 atom stereocenters. The molecule has 2 rings (SSSR count). The van der Waals surface area contributed by atoms with Gasteiger partial charge < -0.3 is 14.6 Å². The molecule has 1 fully saturated rings. The van der Waals surface area contributed by atoms with E-state index in [0.29, 0.717) is 19.6 Å². The summed E-state index contributed by atoms with van der Waals surface area (Å²) in [6.07, 6.45) is 1.29. The van der Waals surface area contributed by atoms with Gasteiger partial charge in [-0.15, -0.1) is 0 Å². The first-order valence-electron chi connectivity index (χ1n) is 5.77. The molecule has 3 nitrogen and oxygen atoms in total. The molecule has 3 heteroatoms. The van der Waals surface area contributed by atoms with E-state index < -0.39 is 0 Å². The van der Waals surface area contributed by atoms with Gasteiger partial charge in [0, 0.05) is 13.2 Å². The molecule has 1 aromatic rings. The molecule has 1 aliphatic heterocycles. The number of aliphatic hydroxyl groups is 1. The molecule has 0 bridgehead atoms. The van der Waals surface area contributed by atoms with E-state index in [1.54, 1.807) is 0 Å². The van der Waals surface area contributed by atoms with Crippen molar-refractivity contribution in [3.8, 4) is 0 Å². The minimum Gasteiger partial charge on any atom is -0.390 e. The molecular weight excluding hydrogens is 204 g/mol. The van der Waals surface area contributed by atoms with Crippen molar-refractivity contribution < 1.29 is 14.6 Å². The molecule has 0 amide bonds. The maximum Gasteiger partial charge on any atom is 0.0856 e. The molecule has 1 aliphatic rings. The van der Waals surface area contributed by atoms with Gasteiger partial charge in [-0.05, 0) is 18.4 Å². The van der Waals surface area contributed by atoms with Crippen LogP contribution in [0.3, 0.4) is 0 Å². The standard InChI is InChI=1S/C13H18O3/c14-12(13-7-9-16-13)6-8-15-10-11-4-2-1-3-5-11/h1-5,12-14H,6-10H2. The quantitative estimate of drug-likeness (QED) is 0.745. The van der Waals surface area contributed by atoms with Gasteiger partial charge in [-0.3, -0.25) is 0 Å². The van der Waals surface area contributed by atoms with Gasteiger partial charge in [-0.1, -0.05) is 30.3 Å². The molecule has 0 saturated carbocycles. The number of aliphatic hydroxyl groups excluding tert-OH is 1. The number of ether oxygens (including phenoxy) is 2. The zero-order valence-electron chi connectivity index (χ0n) is 9.34. The third-order valence-corrected chi connectivity index (χ3v) is 2.83. The predicted octanol–water partition coefficient (Wildman–Crippen LogP) is 1.74. The van der Waals surface area contributed by atoms with E-state index in [-0.39, 0.29) is 12.2 Å². The first-order valence-corrected chi connectivity index (χ1v) is 5.77. The van der Waals surface area contributed by atoms with E-state index in [1.165, 1.54) is 0 Å². The highest BCUT2D eigenvalue weighted by Gasteiger charge is 2.25. The summed E-state index contributed by atoms with van der Waals surface area (Å²) in [6, 6.07) is 10.0. The van der Waals surface area contributed by atoms with Crippen molar-refractivity contribution in [3.05, 3.63) is 35.9 Å². The molecule has 1 aromatic carbocycles. The van der Waals surface area contributed by atoms with Gasteiger partial charge in [0.05, 0.1) is 18.8 Å². The monoisotopic (exact) mass is 222 g/mol. The van der Waals surface area contributed by atoms with E-state index in [4.69, 9.17) is 9.47 Å². The summed E-state index contributed by atoms with van der Waals surface area (Å²) in [5.74, 6) is 0. The van der Waals surface area contributed by atoms with Crippen molar-refractivity contribution in [2.24, 2.45) is 0 Å². The summed E-state index contributed by atoms with van der Waals surface area (Å²) in [6.45, 7) is 1.97. The van der Waals surface area contributed by atoms with Crippen LogP contribution in [-0.2, 0) is 16.1 Å². The normalized spacial score (nSPS) is 21.4. The smallest absolute Gasteiger partial charge is 0.0856 e. The van der Waals surface area contributed by atoms with E-state index in [0.717, 1.165) is 18.6 Å². The lowest BCUT2D eigenvalue weighted by molar-refractivity contribution is -0.122. The average molecular weight is 222 g/mol. The van der Waals surface area contributed by atoms with Crippen LogP contribution >= 0.6 is 0 Å². The summed E-state index contributed by atoms with van der Waals surface area (Å²) in [4.78, 5) is 0. The predicted molar refractivity (Wildman–Crippen MR) is 61.1 cm³/mol. The van der Waals surface area contributed by atoms with E-state index in [9.17, 15) is 5.11 Å². The van der Waals surface area contributed by atoms with Crippen LogP contribution in [0, 0.1) is 0 Å². The van der Waals surface area contributed by atoms with Crippen LogP contribution in [0.15, 0.2) is 30.3 Å². The number of benzene rings is 1. The van der Waals surface area contributed by atoms with Gasteiger partial charge in [-0.2, -0.15) is 0 Å². The molecule has 0 spiro atoms. The van der Waals surface area contributed by atoms with Gasteiger partial charge in [-0.25, -0.2) is 0 Å². The largest absolute Gasteiger partial charge is 0.390 e. The third-order valence-electron chi connectivity index (χ3n) is 2.83. The van der Waals surface area contributed by atoms with Crippen LogP contribution in [0.25, 0.3) is 0 Å². The van der Waals surface area contributed by atoms with Crippen molar-refractivity contribution in [3.63, 3.8) is 0 Å². The molecule has 1 saturated heterocycles. The summed E-state index contributed by atoms with van der Waals surface area (Å²) >= 11 is 0. The van der Waals surface area contributed by atoms with Crippen molar-refractivity contribution in [1.82, 2.24) is 0 Å². The second-order valence-corrected chi connectivity index (χ2v) is 4.09. The van der Waals surface area contributed by atoms with Gasteiger partial charge >= 0.3 is 0 Å². The fourth-order valence-electron chi connectivity index (χ4n) is 1.71. The summed E-state index contributed by atoms with van der Waals surface area (Å²) in [5.41, 5.74) is 1.16. The minimum absolute atomic E-state index is 0.0420. The lowest BCUT2D eigenvalue weighted by atomic mass is 10.0. The van der Waals surface area contributed by atoms with Crippen molar-refractivity contribution in [2.75, 3.05) is 13.2 Å². The molecule has 1 N–H and O–H groups in total. The van der Waals surface area contributed by atoms with Crippen LogP contribution < -0.4 is 0 Å². The number of rotatable bonds is 6. The van der Waals surface area contributed by atoms with Crippen LogP contribution in [-0.4, -0.2) is 30.5 Å². The summed E-state index contributed by atoms with van der Waals surface area (Å²) < 4.78 is 10.7. The topological polar surface area (TPSA) is 38.7 Å². The molecule has 0 aliphatic carbocycles. The Labute approximate surface area is 96.0 Å². The zero-order chi connectivity index (χ0) is 11.2. The Balaban J connectivity index is 1.58. The van der Waals surface area contributed by atoms with Crippen LogP contribution in [0.5, 0.6) is 0 Å². The van der Waals surface area contributed by atoms with E-state index in [1.807, 2.05) is 30.3 Å². The van der Waals surface area contributed by atoms with Crippen LogP contribution in [0.1, 0.15) is 18.4 Å². The fourth-order valence-corrected chi connectivity index (χ4v) is 1.71. The molecule has 16 heavy (non-hydrogen) atoms. The Morgan fingerprint density at radius 3 is 2.75 bits per heavy atom. The molecule has 0 radical (unpaired) electrons. The molecule has 0 aromatic heterocycles. The number of hydrogen-bond acceptors (Lipinski definition) is 3. The maximum absolute atomic E-state index is 9.66. The highest BCUT2D eigenvalue weighted by molar-refractivity contribution is 5.13. The Morgan fingerprint density at radius 1 is 1.38 bits per heavy atom. The first kappa shape index (κ1) is 11.6. The first-order chi connectivity index (χ1) is 7.86. The Morgan fingerprint density at radius 2 is 2.12 bits per heavy atom. The van der Waals surface area contributed by atoms with Crippen molar-refractivity contribution in [2.45, 2.75) is 31.7 Å². The second kappa shape index (κ2) is 5.99. The number of hydrogen-bond donors (Lipinski definition) is 1. The van der Waals surface area contributed by atoms with E-state index >= 15 is 0 Å². The SMILES string of the molecule is OC(CCOCc1ccccc1)C1CCO1. The molecule has 2 unspecified atom stereocenters. The molecule has 88 valence electrons. The van der Waals surface area contributed by atoms with Gasteiger partial charge in [0.25, 0.3) is 0 Å². The Bertz CT molecular complexity index is 295. The minimum atomic E-state index is -0.371. The van der Waals surface area contributed by atoms with Crippen LogP contribution in [0.4, 0.5) is 0 Å². The highest BCUT2D eigenvalue weighted by atomic mass is 16.5. The third kappa shape index (κ3) is 3.30. The maximum atomic E-state index is 9.66. The Kier molecular flexibility index (Phi) is 4.34. The zero-order valence-corrected chi connectivity index (χ0v) is 9.34. The van der Waals surface area contributed by atoms with E-state index in [2.05, 4.69) is 0 Å². The van der Waals surface area contributed by atoms with Gasteiger partial charge in [0.2, 0.25) is 0 Å². The second-order valence-electron chi connectivity index (χ2n) is 4.09.